The van der Waals surface area contributed by atoms with Crippen molar-refractivity contribution in [3.8, 4) is 0 Å². The fraction of sp³-hybridized carbons (Fsp3) is 0.833. The molecule has 1 unspecified atom stereocenters. The quantitative estimate of drug-likeness (QED) is 0.808. The van der Waals surface area contributed by atoms with Crippen molar-refractivity contribution in [1.29, 1.82) is 0 Å². The van der Waals surface area contributed by atoms with Crippen molar-refractivity contribution in [2.45, 2.75) is 83.6 Å². The summed E-state index contributed by atoms with van der Waals surface area (Å²) in [6.45, 7) is 5.60. The van der Waals surface area contributed by atoms with E-state index in [-0.39, 0.29) is 0 Å². The van der Waals surface area contributed by atoms with Crippen molar-refractivity contribution < 1.29 is 0 Å². The number of aromatic nitrogens is 1. The van der Waals surface area contributed by atoms with Crippen molar-refractivity contribution in [1.82, 2.24) is 10.3 Å². The Balaban J connectivity index is 1.67. The van der Waals surface area contributed by atoms with Gasteiger partial charge in [0, 0.05) is 16.8 Å². The normalized spacial score (nSPS) is 29.3. The van der Waals surface area contributed by atoms with Gasteiger partial charge in [-0.15, -0.1) is 11.3 Å². The van der Waals surface area contributed by atoms with Gasteiger partial charge < -0.3 is 5.32 Å². The minimum absolute atomic E-state index is 0.585. The monoisotopic (exact) mass is 306 g/mol. The molecule has 0 bridgehead atoms. The SMILES string of the molecule is CCCC1CCC(c2nc3c(s2)C(NCC)CCC3)CC1. The van der Waals surface area contributed by atoms with E-state index in [4.69, 9.17) is 4.98 Å². The molecule has 0 radical (unpaired) electrons. The van der Waals surface area contributed by atoms with Crippen LogP contribution >= 0.6 is 11.3 Å². The minimum atomic E-state index is 0.585. The summed E-state index contributed by atoms with van der Waals surface area (Å²) in [6, 6.07) is 0.585. The van der Waals surface area contributed by atoms with Crippen LogP contribution in [-0.4, -0.2) is 11.5 Å². The Morgan fingerprint density at radius 1 is 1.14 bits per heavy atom. The third kappa shape index (κ3) is 3.50. The smallest absolute Gasteiger partial charge is 0.0962 e. The molecule has 0 amide bonds. The van der Waals surface area contributed by atoms with Crippen molar-refractivity contribution in [2.75, 3.05) is 6.54 Å². The molecule has 1 N–H and O–H groups in total. The van der Waals surface area contributed by atoms with Gasteiger partial charge in [-0.2, -0.15) is 0 Å². The van der Waals surface area contributed by atoms with Crippen LogP contribution in [0.3, 0.4) is 0 Å². The summed E-state index contributed by atoms with van der Waals surface area (Å²) in [5.74, 6) is 1.76. The molecule has 1 heterocycles. The van der Waals surface area contributed by atoms with Crippen LogP contribution in [0.2, 0.25) is 0 Å². The summed E-state index contributed by atoms with van der Waals surface area (Å²) in [5, 5.41) is 5.11. The predicted octanol–water partition coefficient (Wildman–Crippen LogP) is 5.20. The Morgan fingerprint density at radius 3 is 2.67 bits per heavy atom. The zero-order valence-corrected chi connectivity index (χ0v) is 14.5. The van der Waals surface area contributed by atoms with Crippen LogP contribution in [0.4, 0.5) is 0 Å². The highest BCUT2D eigenvalue weighted by Crippen LogP contribution is 2.42. The van der Waals surface area contributed by atoms with Crippen molar-refractivity contribution in [2.24, 2.45) is 5.92 Å². The summed E-state index contributed by atoms with van der Waals surface area (Å²) >= 11 is 2.03. The topological polar surface area (TPSA) is 24.9 Å². The molecule has 2 nitrogen and oxygen atoms in total. The van der Waals surface area contributed by atoms with Gasteiger partial charge in [0.25, 0.3) is 0 Å². The number of hydrogen-bond acceptors (Lipinski definition) is 3. The lowest BCUT2D eigenvalue weighted by molar-refractivity contribution is 0.308. The van der Waals surface area contributed by atoms with E-state index in [2.05, 4.69) is 19.2 Å². The van der Waals surface area contributed by atoms with Crippen LogP contribution in [0.25, 0.3) is 0 Å². The lowest BCUT2D eigenvalue weighted by Gasteiger charge is -2.27. The van der Waals surface area contributed by atoms with Crippen LogP contribution in [0.5, 0.6) is 0 Å². The van der Waals surface area contributed by atoms with Crippen LogP contribution in [-0.2, 0) is 6.42 Å². The van der Waals surface area contributed by atoms with Gasteiger partial charge in [-0.3, -0.25) is 0 Å². The second-order valence-electron chi connectivity index (χ2n) is 6.87. The van der Waals surface area contributed by atoms with Gasteiger partial charge >= 0.3 is 0 Å². The molecule has 21 heavy (non-hydrogen) atoms. The van der Waals surface area contributed by atoms with Gasteiger partial charge in [0.05, 0.1) is 10.7 Å². The summed E-state index contributed by atoms with van der Waals surface area (Å²) in [7, 11) is 0. The first-order valence-corrected chi connectivity index (χ1v) is 9.86. The number of nitrogens with zero attached hydrogens (tertiary/aromatic N) is 1. The van der Waals surface area contributed by atoms with Crippen molar-refractivity contribution >= 4 is 11.3 Å². The van der Waals surface area contributed by atoms with E-state index in [0.29, 0.717) is 6.04 Å². The summed E-state index contributed by atoms with van der Waals surface area (Å²) in [6.07, 6.45) is 12.2. The highest BCUT2D eigenvalue weighted by Gasteiger charge is 2.28. The Labute approximate surface area is 133 Å². The number of fused-ring (bicyclic) bond motifs is 1. The lowest BCUT2D eigenvalue weighted by atomic mass is 9.80. The van der Waals surface area contributed by atoms with Gasteiger partial charge in [-0.05, 0) is 57.4 Å². The first kappa shape index (κ1) is 15.5. The van der Waals surface area contributed by atoms with E-state index in [1.807, 2.05) is 11.3 Å². The third-order valence-electron chi connectivity index (χ3n) is 5.31. The molecule has 118 valence electrons. The number of hydrogen-bond donors (Lipinski definition) is 1. The molecular formula is C18H30N2S. The maximum atomic E-state index is 5.06. The molecule has 1 fully saturated rings. The van der Waals surface area contributed by atoms with E-state index in [0.717, 1.165) is 18.4 Å². The fourth-order valence-corrected chi connectivity index (χ4v) is 5.55. The summed E-state index contributed by atoms with van der Waals surface area (Å²) in [4.78, 5) is 6.62. The number of aryl methyl sites for hydroxylation is 1. The van der Waals surface area contributed by atoms with Crippen LogP contribution in [0.15, 0.2) is 0 Å². The molecule has 2 aliphatic rings. The van der Waals surface area contributed by atoms with Crippen molar-refractivity contribution in [3.05, 3.63) is 15.6 Å². The molecule has 0 saturated heterocycles. The van der Waals surface area contributed by atoms with Gasteiger partial charge in [0.15, 0.2) is 0 Å². The molecule has 3 heteroatoms. The molecule has 2 aliphatic carbocycles. The number of nitrogens with one attached hydrogen (secondary N) is 1. The first-order valence-electron chi connectivity index (χ1n) is 9.04. The summed E-state index contributed by atoms with van der Waals surface area (Å²) < 4.78 is 0. The van der Waals surface area contributed by atoms with Crippen molar-refractivity contribution in [3.63, 3.8) is 0 Å². The minimum Gasteiger partial charge on any atom is -0.309 e. The Hall–Kier alpha value is -0.410. The van der Waals surface area contributed by atoms with E-state index in [1.54, 1.807) is 4.88 Å². The number of rotatable bonds is 5. The molecule has 0 spiro atoms. The number of thiazole rings is 1. The molecule has 0 aliphatic heterocycles. The molecule has 1 aromatic heterocycles. The standard InChI is InChI=1S/C18H30N2S/c1-3-6-13-9-11-14(12-10-13)18-20-16-8-5-7-15(19-4-2)17(16)21-18/h13-15,19H,3-12H2,1-2H3. The third-order valence-corrected chi connectivity index (χ3v) is 6.68. The molecule has 3 rings (SSSR count). The zero-order valence-electron chi connectivity index (χ0n) is 13.7. The average molecular weight is 307 g/mol. The molecular weight excluding hydrogens is 276 g/mol. The molecule has 1 atom stereocenters. The Kier molecular flexibility index (Phi) is 5.33. The summed E-state index contributed by atoms with van der Waals surface area (Å²) in [5.41, 5.74) is 1.42. The molecule has 1 aromatic rings. The Morgan fingerprint density at radius 2 is 1.95 bits per heavy atom. The van der Waals surface area contributed by atoms with Gasteiger partial charge in [0.1, 0.15) is 0 Å². The van der Waals surface area contributed by atoms with Gasteiger partial charge in [-0.1, -0.05) is 26.7 Å². The van der Waals surface area contributed by atoms with E-state index < -0.39 is 0 Å². The van der Waals surface area contributed by atoms with E-state index in [9.17, 15) is 0 Å². The van der Waals surface area contributed by atoms with Gasteiger partial charge in [-0.25, -0.2) is 4.98 Å². The molecule has 0 aromatic carbocycles. The lowest BCUT2D eigenvalue weighted by Crippen LogP contribution is -2.23. The van der Waals surface area contributed by atoms with Crippen LogP contribution in [0, 0.1) is 5.92 Å². The average Bonchev–Trinajstić information content (AvgIpc) is 2.94. The maximum Gasteiger partial charge on any atom is 0.0962 e. The largest absolute Gasteiger partial charge is 0.309 e. The second-order valence-corrected chi connectivity index (χ2v) is 7.93. The molecule has 1 saturated carbocycles. The Bertz CT molecular complexity index is 446. The fourth-order valence-electron chi connectivity index (χ4n) is 4.16. The highest BCUT2D eigenvalue weighted by atomic mass is 32.1. The second kappa shape index (κ2) is 7.23. The predicted molar refractivity (Wildman–Crippen MR) is 91.1 cm³/mol. The highest BCUT2D eigenvalue weighted by molar-refractivity contribution is 7.12. The maximum absolute atomic E-state index is 5.06. The first-order chi connectivity index (χ1) is 10.3. The van der Waals surface area contributed by atoms with E-state index in [1.165, 1.54) is 68.5 Å². The van der Waals surface area contributed by atoms with E-state index >= 15 is 0 Å². The van der Waals surface area contributed by atoms with Crippen LogP contribution in [0.1, 0.15) is 92.8 Å². The van der Waals surface area contributed by atoms with Gasteiger partial charge in [0.2, 0.25) is 0 Å². The van der Waals surface area contributed by atoms with Crippen LogP contribution < -0.4 is 5.32 Å². The zero-order chi connectivity index (χ0) is 14.7.